The Morgan fingerprint density at radius 2 is 1.89 bits per heavy atom. The quantitative estimate of drug-likeness (QED) is 0.849. The summed E-state index contributed by atoms with van der Waals surface area (Å²) in [6.07, 6.45) is 0. The molecule has 100 valence electrons. The first-order valence-corrected chi connectivity index (χ1v) is 7.84. The molecule has 2 rings (SSSR count). The molecule has 18 heavy (non-hydrogen) atoms. The van der Waals surface area contributed by atoms with E-state index in [0.29, 0.717) is 18.1 Å². The summed E-state index contributed by atoms with van der Waals surface area (Å²) in [6.45, 7) is 5.71. The van der Waals surface area contributed by atoms with Gasteiger partial charge in [-0.1, -0.05) is 24.6 Å². The topological polar surface area (TPSA) is 40.6 Å². The number of benzene rings is 1. The Balaban J connectivity index is 2.17. The summed E-state index contributed by atoms with van der Waals surface area (Å²) in [5.74, 6) is 0. The molecule has 0 aliphatic carbocycles. The van der Waals surface area contributed by atoms with Crippen molar-refractivity contribution < 1.29 is 8.42 Å². The number of likely N-dealkylation sites (N-methyl/N-ethyl adjacent to an activating group) is 1. The number of hydrogen-bond acceptors (Lipinski definition) is 3. The number of rotatable bonds is 3. The molecule has 0 unspecified atom stereocenters. The van der Waals surface area contributed by atoms with Crippen molar-refractivity contribution in [2.45, 2.75) is 11.8 Å². The van der Waals surface area contributed by atoms with Crippen LogP contribution < -0.4 is 0 Å². The van der Waals surface area contributed by atoms with Gasteiger partial charge in [0.25, 0.3) is 0 Å². The first-order chi connectivity index (χ1) is 8.54. The molecular weight excluding hydrogens is 272 g/mol. The van der Waals surface area contributed by atoms with Crippen molar-refractivity contribution in [1.29, 1.82) is 0 Å². The molecule has 1 aromatic rings. The van der Waals surface area contributed by atoms with Crippen LogP contribution in [0.4, 0.5) is 0 Å². The predicted molar refractivity (Wildman–Crippen MR) is 72.3 cm³/mol. The molecule has 0 aromatic heterocycles. The van der Waals surface area contributed by atoms with Crippen molar-refractivity contribution in [3.05, 3.63) is 29.3 Å². The van der Waals surface area contributed by atoms with Gasteiger partial charge in [0.05, 0.1) is 4.90 Å². The summed E-state index contributed by atoms with van der Waals surface area (Å²) in [4.78, 5) is 2.52. The molecule has 0 N–H and O–H groups in total. The normalized spacial score (nSPS) is 19.0. The maximum atomic E-state index is 12.4. The van der Waals surface area contributed by atoms with E-state index in [2.05, 4.69) is 11.8 Å². The zero-order chi connectivity index (χ0) is 13.2. The van der Waals surface area contributed by atoms with E-state index in [1.165, 1.54) is 10.4 Å². The molecule has 1 heterocycles. The fraction of sp³-hybridized carbons (Fsp3) is 0.500. The summed E-state index contributed by atoms with van der Waals surface area (Å²) < 4.78 is 26.3. The molecule has 1 saturated heterocycles. The molecule has 6 heteroatoms. The van der Waals surface area contributed by atoms with E-state index in [-0.39, 0.29) is 4.90 Å². The van der Waals surface area contributed by atoms with Gasteiger partial charge in [-0.05, 0) is 24.7 Å². The summed E-state index contributed by atoms with van der Waals surface area (Å²) in [5.41, 5.74) is 0. The highest BCUT2D eigenvalue weighted by molar-refractivity contribution is 7.89. The van der Waals surface area contributed by atoms with Crippen LogP contribution in [-0.2, 0) is 10.0 Å². The maximum absolute atomic E-state index is 12.4. The van der Waals surface area contributed by atoms with E-state index in [4.69, 9.17) is 11.6 Å². The maximum Gasteiger partial charge on any atom is 0.243 e. The SMILES string of the molecule is CCN1CCN(S(=O)(=O)c2cccc(Cl)c2)CC1. The summed E-state index contributed by atoms with van der Waals surface area (Å²) in [5, 5.41) is 0.447. The molecule has 1 aliphatic heterocycles. The Hall–Kier alpha value is -0.620. The third kappa shape index (κ3) is 2.85. The molecule has 1 aliphatic rings. The van der Waals surface area contributed by atoms with E-state index < -0.39 is 10.0 Å². The predicted octanol–water partition coefficient (Wildman–Crippen LogP) is 1.67. The van der Waals surface area contributed by atoms with Crippen molar-refractivity contribution in [1.82, 2.24) is 9.21 Å². The van der Waals surface area contributed by atoms with Gasteiger partial charge in [-0.25, -0.2) is 8.42 Å². The van der Waals surface area contributed by atoms with Crippen LogP contribution in [0.5, 0.6) is 0 Å². The van der Waals surface area contributed by atoms with Crippen LogP contribution in [0.15, 0.2) is 29.2 Å². The van der Waals surface area contributed by atoms with Crippen molar-refractivity contribution in [2.75, 3.05) is 32.7 Å². The highest BCUT2D eigenvalue weighted by atomic mass is 35.5. The zero-order valence-corrected chi connectivity index (χ0v) is 11.9. The lowest BCUT2D eigenvalue weighted by Crippen LogP contribution is -2.48. The summed E-state index contributed by atoms with van der Waals surface area (Å²) >= 11 is 5.84. The molecule has 4 nitrogen and oxygen atoms in total. The van der Waals surface area contributed by atoms with Crippen LogP contribution in [0.3, 0.4) is 0 Å². The molecule has 0 spiro atoms. The molecule has 0 atom stereocenters. The zero-order valence-electron chi connectivity index (χ0n) is 10.3. The van der Waals surface area contributed by atoms with Crippen LogP contribution in [0, 0.1) is 0 Å². The number of nitrogens with zero attached hydrogens (tertiary/aromatic N) is 2. The Labute approximate surface area is 113 Å². The molecule has 1 aromatic carbocycles. The van der Waals surface area contributed by atoms with Gasteiger partial charge < -0.3 is 4.90 Å². The Morgan fingerprint density at radius 1 is 1.22 bits per heavy atom. The standard InChI is InChI=1S/C12H17ClN2O2S/c1-2-14-6-8-15(9-7-14)18(16,17)12-5-3-4-11(13)10-12/h3-5,10H,2,6-9H2,1H3. The second-order valence-electron chi connectivity index (χ2n) is 4.30. The van der Waals surface area contributed by atoms with Gasteiger partial charge >= 0.3 is 0 Å². The Morgan fingerprint density at radius 3 is 2.44 bits per heavy atom. The highest BCUT2D eigenvalue weighted by Gasteiger charge is 2.27. The first-order valence-electron chi connectivity index (χ1n) is 6.02. The lowest BCUT2D eigenvalue weighted by Gasteiger charge is -2.33. The molecule has 0 bridgehead atoms. The van der Waals surface area contributed by atoms with Gasteiger partial charge in [0, 0.05) is 31.2 Å². The molecule has 0 amide bonds. The molecular formula is C12H17ClN2O2S. The third-order valence-corrected chi connectivity index (χ3v) is 5.34. The molecule has 0 radical (unpaired) electrons. The van der Waals surface area contributed by atoms with E-state index in [9.17, 15) is 8.42 Å². The van der Waals surface area contributed by atoms with Gasteiger partial charge in [0.1, 0.15) is 0 Å². The van der Waals surface area contributed by atoms with E-state index in [1.807, 2.05) is 0 Å². The highest BCUT2D eigenvalue weighted by Crippen LogP contribution is 2.20. The van der Waals surface area contributed by atoms with Crippen molar-refractivity contribution in [3.63, 3.8) is 0 Å². The first kappa shape index (κ1) is 13.8. The minimum atomic E-state index is -3.39. The minimum absolute atomic E-state index is 0.278. The molecule has 0 saturated carbocycles. The fourth-order valence-electron chi connectivity index (χ4n) is 2.06. The average molecular weight is 289 g/mol. The van der Waals surface area contributed by atoms with Gasteiger partial charge in [-0.3, -0.25) is 0 Å². The number of hydrogen-bond donors (Lipinski definition) is 0. The van der Waals surface area contributed by atoms with Crippen LogP contribution >= 0.6 is 11.6 Å². The second-order valence-corrected chi connectivity index (χ2v) is 6.67. The second kappa shape index (κ2) is 5.57. The van der Waals surface area contributed by atoms with Crippen molar-refractivity contribution in [3.8, 4) is 0 Å². The van der Waals surface area contributed by atoms with Crippen molar-refractivity contribution in [2.24, 2.45) is 0 Å². The fourth-order valence-corrected chi connectivity index (χ4v) is 3.79. The van der Waals surface area contributed by atoms with Gasteiger partial charge in [-0.2, -0.15) is 4.31 Å². The van der Waals surface area contributed by atoms with Crippen LogP contribution in [0.1, 0.15) is 6.92 Å². The van der Waals surface area contributed by atoms with Gasteiger partial charge in [-0.15, -0.1) is 0 Å². The Kier molecular flexibility index (Phi) is 4.27. The largest absolute Gasteiger partial charge is 0.301 e. The lowest BCUT2D eigenvalue weighted by molar-refractivity contribution is 0.196. The van der Waals surface area contributed by atoms with Crippen LogP contribution in [0.25, 0.3) is 0 Å². The number of halogens is 1. The Bertz CT molecular complexity index is 511. The minimum Gasteiger partial charge on any atom is -0.301 e. The van der Waals surface area contributed by atoms with Crippen molar-refractivity contribution >= 4 is 21.6 Å². The molecule has 1 fully saturated rings. The number of sulfonamides is 1. The van der Waals surface area contributed by atoms with E-state index in [0.717, 1.165) is 19.6 Å². The summed E-state index contributed by atoms with van der Waals surface area (Å²) in [7, 11) is -3.39. The van der Waals surface area contributed by atoms with Gasteiger partial charge in [0.15, 0.2) is 0 Å². The van der Waals surface area contributed by atoms with Gasteiger partial charge in [0.2, 0.25) is 10.0 Å². The van der Waals surface area contributed by atoms with E-state index >= 15 is 0 Å². The smallest absolute Gasteiger partial charge is 0.243 e. The number of piperazine rings is 1. The third-order valence-electron chi connectivity index (χ3n) is 3.21. The average Bonchev–Trinajstić information content (AvgIpc) is 2.39. The van der Waals surface area contributed by atoms with E-state index in [1.54, 1.807) is 18.2 Å². The monoisotopic (exact) mass is 288 g/mol. The van der Waals surface area contributed by atoms with Crippen LogP contribution in [-0.4, -0.2) is 50.3 Å². The lowest BCUT2D eigenvalue weighted by atomic mass is 10.4. The van der Waals surface area contributed by atoms with Crippen LogP contribution in [0.2, 0.25) is 5.02 Å². The summed E-state index contributed by atoms with van der Waals surface area (Å²) in [6, 6.07) is 6.43.